The average Bonchev–Trinajstić information content (AvgIpc) is 2.89. The van der Waals surface area contributed by atoms with Crippen LogP contribution in [0.4, 0.5) is 5.69 Å². The number of nitrogens with one attached hydrogen (secondary N) is 2. The van der Waals surface area contributed by atoms with Crippen LogP contribution in [0.15, 0.2) is 59.6 Å². The maximum Gasteiger partial charge on any atom is 0.153 e. The zero-order valence-electron chi connectivity index (χ0n) is 25.5. The van der Waals surface area contributed by atoms with E-state index in [-0.39, 0.29) is 16.9 Å². The van der Waals surface area contributed by atoms with Crippen LogP contribution in [0, 0.1) is 16.7 Å². The minimum Gasteiger partial charge on any atom is -0.492 e. The summed E-state index contributed by atoms with van der Waals surface area (Å²) >= 11 is 0. The molecule has 0 aromatic heterocycles. The summed E-state index contributed by atoms with van der Waals surface area (Å²) in [5.74, 6) is 1.70. The zero-order valence-corrected chi connectivity index (χ0v) is 25.5. The number of piperidine rings is 1. The minimum absolute atomic E-state index is 0.0654. The number of hydrogen-bond acceptors (Lipinski definition) is 5. The molecule has 1 saturated heterocycles. The normalized spacial score (nSPS) is 17.1. The molecular formula is C34H46N6O. The van der Waals surface area contributed by atoms with E-state index in [1.807, 2.05) is 30.3 Å². The molecule has 0 spiro atoms. The molecule has 3 aromatic rings. The predicted molar refractivity (Wildman–Crippen MR) is 173 cm³/mol. The standard InChI is InChI=1S/C34H46N6O/c1-22(2)18-30(36)39-32(38)26-11-13-29(35)28(21-26)31(37)25-9-8-24-20-27(12-10-23(24)19-25)41-17-16-40-33(3,4)14-7-15-34(40,5)6/h8-13,19-22,37H,7,14-18,35H2,1-6H3,(H3,36,38,39). The number of benzene rings is 3. The zero-order chi connectivity index (χ0) is 29.9. The van der Waals surface area contributed by atoms with E-state index in [1.54, 1.807) is 18.2 Å². The van der Waals surface area contributed by atoms with Crippen LogP contribution < -0.4 is 16.2 Å². The number of likely N-dealkylation sites (tertiary alicyclic amines) is 1. The lowest BCUT2D eigenvalue weighted by Crippen LogP contribution is -2.59. The van der Waals surface area contributed by atoms with Crippen LogP contribution in [0.1, 0.15) is 83.9 Å². The van der Waals surface area contributed by atoms with Gasteiger partial charge in [-0.05, 0) is 100 Å². The van der Waals surface area contributed by atoms with Crippen molar-refractivity contribution < 1.29 is 4.74 Å². The van der Waals surface area contributed by atoms with Crippen LogP contribution in [-0.2, 0) is 0 Å². The van der Waals surface area contributed by atoms with E-state index in [0.717, 1.165) is 28.6 Å². The Bertz CT molecular complexity index is 1450. The van der Waals surface area contributed by atoms with Crippen molar-refractivity contribution in [2.45, 2.75) is 78.3 Å². The Balaban J connectivity index is 1.47. The van der Waals surface area contributed by atoms with Gasteiger partial charge >= 0.3 is 0 Å². The third-order valence-electron chi connectivity index (χ3n) is 8.19. The minimum atomic E-state index is 0.0654. The number of hydrogen-bond donors (Lipinski definition) is 4. The van der Waals surface area contributed by atoms with Gasteiger partial charge in [0.05, 0.1) is 5.71 Å². The maximum absolute atomic E-state index is 8.91. The van der Waals surface area contributed by atoms with Gasteiger partial charge in [-0.2, -0.15) is 0 Å². The Labute approximate surface area is 245 Å². The molecular weight excluding hydrogens is 508 g/mol. The Hall–Kier alpha value is -3.71. The number of nitrogens with zero attached hydrogens (tertiary/aromatic N) is 2. The monoisotopic (exact) mass is 554 g/mol. The van der Waals surface area contributed by atoms with Crippen molar-refractivity contribution in [2.24, 2.45) is 16.6 Å². The lowest BCUT2D eigenvalue weighted by molar-refractivity contribution is -0.0340. The first-order chi connectivity index (χ1) is 19.3. The number of anilines is 1. The molecule has 0 saturated carbocycles. The summed E-state index contributed by atoms with van der Waals surface area (Å²) in [7, 11) is 0. The van der Waals surface area contributed by atoms with Crippen LogP contribution >= 0.6 is 0 Å². The van der Waals surface area contributed by atoms with Crippen molar-refractivity contribution in [1.29, 1.82) is 10.8 Å². The average molecular weight is 555 g/mol. The van der Waals surface area contributed by atoms with E-state index < -0.39 is 0 Å². The molecule has 1 aliphatic heterocycles. The first kappa shape index (κ1) is 30.3. The molecule has 218 valence electrons. The molecule has 7 nitrogen and oxygen atoms in total. The van der Waals surface area contributed by atoms with Crippen LogP contribution in [0.5, 0.6) is 5.75 Å². The van der Waals surface area contributed by atoms with E-state index in [2.05, 4.69) is 57.5 Å². The fourth-order valence-electron chi connectivity index (χ4n) is 6.12. The fourth-order valence-corrected chi connectivity index (χ4v) is 6.12. The number of rotatable bonds is 9. The van der Waals surface area contributed by atoms with Crippen molar-refractivity contribution in [3.63, 3.8) is 0 Å². The highest BCUT2D eigenvalue weighted by molar-refractivity contribution is 6.16. The Morgan fingerprint density at radius 2 is 1.56 bits per heavy atom. The third kappa shape index (κ3) is 7.14. The summed E-state index contributed by atoms with van der Waals surface area (Å²) in [5, 5.41) is 19.4. The van der Waals surface area contributed by atoms with E-state index in [1.165, 1.54) is 19.3 Å². The second kappa shape index (κ2) is 12.0. The van der Waals surface area contributed by atoms with Crippen molar-refractivity contribution in [2.75, 3.05) is 18.9 Å². The molecule has 0 unspecified atom stereocenters. The quantitative estimate of drug-likeness (QED) is 0.129. The van der Waals surface area contributed by atoms with Gasteiger partial charge in [-0.1, -0.05) is 32.0 Å². The number of aliphatic imine (C=N–C) groups is 1. The first-order valence-electron chi connectivity index (χ1n) is 14.6. The van der Waals surface area contributed by atoms with Crippen molar-refractivity contribution in [3.05, 3.63) is 71.3 Å². The van der Waals surface area contributed by atoms with Gasteiger partial charge in [-0.25, -0.2) is 4.99 Å². The summed E-state index contributed by atoms with van der Waals surface area (Å²) in [4.78, 5) is 6.85. The van der Waals surface area contributed by atoms with Crippen LogP contribution in [0.3, 0.4) is 0 Å². The largest absolute Gasteiger partial charge is 0.492 e. The van der Waals surface area contributed by atoms with E-state index in [0.29, 0.717) is 47.3 Å². The maximum atomic E-state index is 8.91. The smallest absolute Gasteiger partial charge is 0.153 e. The first-order valence-corrected chi connectivity index (χ1v) is 14.6. The van der Waals surface area contributed by atoms with Gasteiger partial charge in [0.15, 0.2) is 5.84 Å². The molecule has 0 aliphatic carbocycles. The van der Waals surface area contributed by atoms with Gasteiger partial charge in [-0.3, -0.25) is 15.7 Å². The highest BCUT2D eigenvalue weighted by atomic mass is 16.5. The predicted octanol–water partition coefficient (Wildman–Crippen LogP) is 6.99. The van der Waals surface area contributed by atoms with Gasteiger partial charge in [0, 0.05) is 46.4 Å². The molecule has 0 atom stereocenters. The number of nitrogens with two attached hydrogens (primary N) is 2. The van der Waals surface area contributed by atoms with Gasteiger partial charge in [0.25, 0.3) is 0 Å². The van der Waals surface area contributed by atoms with Crippen molar-refractivity contribution >= 4 is 33.8 Å². The summed E-state index contributed by atoms with van der Waals surface area (Å²) in [5.41, 5.74) is 15.3. The highest BCUT2D eigenvalue weighted by Gasteiger charge is 2.40. The number of nitrogen functional groups attached to an aromatic ring is 1. The highest BCUT2D eigenvalue weighted by Crippen LogP contribution is 2.37. The van der Waals surface area contributed by atoms with E-state index in [4.69, 9.17) is 27.0 Å². The number of ether oxygens (including phenoxy) is 1. The number of amidine groups is 2. The van der Waals surface area contributed by atoms with Gasteiger partial charge in [0.1, 0.15) is 18.2 Å². The molecule has 1 fully saturated rings. The van der Waals surface area contributed by atoms with Crippen LogP contribution in [-0.4, -0.2) is 46.5 Å². The van der Waals surface area contributed by atoms with Gasteiger partial charge in [0.2, 0.25) is 0 Å². The molecule has 1 aliphatic rings. The second-order valence-corrected chi connectivity index (χ2v) is 12.9. The summed E-state index contributed by atoms with van der Waals surface area (Å²) in [6.45, 7) is 15.0. The molecule has 0 bridgehead atoms. The van der Waals surface area contributed by atoms with E-state index >= 15 is 0 Å². The summed E-state index contributed by atoms with van der Waals surface area (Å²) in [6, 6.07) is 17.3. The SMILES string of the molecule is CC(C)CC(N)=NC(=N)c1ccc(N)c(C(=N)c2ccc3cc(OCCN4C(C)(C)CCCC4(C)C)ccc3c2)c1. The second-order valence-electron chi connectivity index (χ2n) is 12.9. The molecule has 1 heterocycles. The van der Waals surface area contributed by atoms with Gasteiger partial charge < -0.3 is 16.2 Å². The summed E-state index contributed by atoms with van der Waals surface area (Å²) < 4.78 is 6.21. The number of fused-ring (bicyclic) bond motifs is 1. The van der Waals surface area contributed by atoms with Crippen LogP contribution in [0.2, 0.25) is 0 Å². The lowest BCUT2D eigenvalue weighted by atomic mass is 9.80. The van der Waals surface area contributed by atoms with Crippen molar-refractivity contribution in [3.8, 4) is 5.75 Å². The molecule has 7 heteroatoms. The van der Waals surface area contributed by atoms with Gasteiger partial charge in [-0.15, -0.1) is 0 Å². The summed E-state index contributed by atoms with van der Waals surface area (Å²) in [6.07, 6.45) is 4.32. The lowest BCUT2D eigenvalue weighted by Gasteiger charge is -2.53. The third-order valence-corrected chi connectivity index (χ3v) is 8.19. The molecule has 0 amide bonds. The topological polar surface area (TPSA) is 125 Å². The van der Waals surface area contributed by atoms with Crippen LogP contribution in [0.25, 0.3) is 10.8 Å². The Morgan fingerprint density at radius 3 is 2.24 bits per heavy atom. The van der Waals surface area contributed by atoms with E-state index in [9.17, 15) is 0 Å². The molecule has 3 aromatic carbocycles. The van der Waals surface area contributed by atoms with Crippen molar-refractivity contribution in [1.82, 2.24) is 4.90 Å². The molecule has 41 heavy (non-hydrogen) atoms. The Kier molecular flexibility index (Phi) is 8.88. The Morgan fingerprint density at radius 1 is 0.927 bits per heavy atom. The molecule has 0 radical (unpaired) electrons. The molecule has 4 rings (SSSR count). The fraction of sp³-hybridized carbons (Fsp3) is 0.441. The molecule has 6 N–H and O–H groups in total.